The standard InChI is InChI=1S/C15H16N4O2/c20-14-7-6-13(17-18-14)11-4-3-5-12(10-11)16-15(21)19-8-1-2-9-19/h3-7,10H,1-2,8-9H2,(H,16,21)(H,18,20). The van der Waals surface area contributed by atoms with Gasteiger partial charge >= 0.3 is 6.03 Å². The van der Waals surface area contributed by atoms with Gasteiger partial charge in [0.25, 0.3) is 5.56 Å². The molecule has 0 radical (unpaired) electrons. The van der Waals surface area contributed by atoms with Crippen molar-refractivity contribution in [3.05, 3.63) is 46.8 Å². The average Bonchev–Trinajstić information content (AvgIpc) is 3.02. The van der Waals surface area contributed by atoms with Gasteiger partial charge in [0.15, 0.2) is 0 Å². The van der Waals surface area contributed by atoms with Gasteiger partial charge in [-0.05, 0) is 31.0 Å². The number of aromatic amines is 1. The Kier molecular flexibility index (Phi) is 3.68. The topological polar surface area (TPSA) is 78.1 Å². The molecule has 108 valence electrons. The zero-order valence-electron chi connectivity index (χ0n) is 11.5. The molecule has 6 nitrogen and oxygen atoms in total. The maximum Gasteiger partial charge on any atom is 0.321 e. The number of benzene rings is 1. The van der Waals surface area contributed by atoms with Gasteiger partial charge in [-0.1, -0.05) is 12.1 Å². The molecule has 1 fully saturated rings. The molecule has 0 bridgehead atoms. The molecule has 1 saturated heterocycles. The van der Waals surface area contributed by atoms with Gasteiger partial charge in [0, 0.05) is 30.4 Å². The summed E-state index contributed by atoms with van der Waals surface area (Å²) in [5.41, 5.74) is 1.98. The van der Waals surface area contributed by atoms with Crippen molar-refractivity contribution in [1.29, 1.82) is 0 Å². The second kappa shape index (κ2) is 5.78. The van der Waals surface area contributed by atoms with Crippen LogP contribution in [0.2, 0.25) is 0 Å². The number of amides is 2. The smallest absolute Gasteiger partial charge is 0.321 e. The molecule has 1 aliphatic heterocycles. The monoisotopic (exact) mass is 284 g/mol. The molecule has 1 aromatic heterocycles. The fourth-order valence-electron chi connectivity index (χ4n) is 2.38. The lowest BCUT2D eigenvalue weighted by Gasteiger charge is -2.16. The Labute approximate surface area is 121 Å². The summed E-state index contributed by atoms with van der Waals surface area (Å²) < 4.78 is 0. The lowest BCUT2D eigenvalue weighted by molar-refractivity contribution is 0.222. The Balaban J connectivity index is 1.78. The summed E-state index contributed by atoms with van der Waals surface area (Å²) in [7, 11) is 0. The number of hydrogen-bond donors (Lipinski definition) is 2. The lowest BCUT2D eigenvalue weighted by Crippen LogP contribution is -2.32. The molecule has 2 aromatic rings. The van der Waals surface area contributed by atoms with Crippen molar-refractivity contribution in [2.45, 2.75) is 12.8 Å². The number of H-pyrrole nitrogens is 1. The molecule has 1 aliphatic rings. The quantitative estimate of drug-likeness (QED) is 0.886. The Morgan fingerprint density at radius 3 is 2.71 bits per heavy atom. The van der Waals surface area contributed by atoms with Crippen molar-refractivity contribution in [3.63, 3.8) is 0 Å². The first kappa shape index (κ1) is 13.4. The van der Waals surface area contributed by atoms with Crippen LogP contribution in [0.25, 0.3) is 11.3 Å². The van der Waals surface area contributed by atoms with Crippen molar-refractivity contribution < 1.29 is 4.79 Å². The first-order chi connectivity index (χ1) is 10.2. The van der Waals surface area contributed by atoms with E-state index in [0.717, 1.165) is 37.2 Å². The fraction of sp³-hybridized carbons (Fsp3) is 0.267. The van der Waals surface area contributed by atoms with E-state index in [1.54, 1.807) is 6.07 Å². The second-order valence-corrected chi connectivity index (χ2v) is 5.01. The number of nitrogens with zero attached hydrogens (tertiary/aromatic N) is 2. The molecule has 2 N–H and O–H groups in total. The van der Waals surface area contributed by atoms with E-state index in [-0.39, 0.29) is 11.6 Å². The number of carbonyl (C=O) groups excluding carboxylic acids is 1. The molecule has 2 heterocycles. The normalized spacial score (nSPS) is 14.2. The van der Waals surface area contributed by atoms with E-state index in [4.69, 9.17) is 0 Å². The third-order valence-corrected chi connectivity index (χ3v) is 3.48. The minimum atomic E-state index is -0.239. The Morgan fingerprint density at radius 1 is 1.19 bits per heavy atom. The number of carbonyl (C=O) groups is 1. The van der Waals surface area contributed by atoms with Crippen LogP contribution in [0.3, 0.4) is 0 Å². The molecule has 6 heteroatoms. The second-order valence-electron chi connectivity index (χ2n) is 5.01. The minimum Gasteiger partial charge on any atom is -0.325 e. The van der Waals surface area contributed by atoms with E-state index < -0.39 is 0 Å². The largest absolute Gasteiger partial charge is 0.325 e. The van der Waals surface area contributed by atoms with Crippen molar-refractivity contribution in [2.75, 3.05) is 18.4 Å². The van der Waals surface area contributed by atoms with Gasteiger partial charge in [-0.15, -0.1) is 0 Å². The predicted molar refractivity (Wildman–Crippen MR) is 80.1 cm³/mol. The molecule has 3 rings (SSSR count). The van der Waals surface area contributed by atoms with E-state index in [9.17, 15) is 9.59 Å². The third kappa shape index (κ3) is 3.10. The Bertz CT molecular complexity index is 684. The van der Waals surface area contributed by atoms with E-state index in [1.807, 2.05) is 29.2 Å². The molecule has 1 aromatic carbocycles. The highest BCUT2D eigenvalue weighted by molar-refractivity contribution is 5.90. The van der Waals surface area contributed by atoms with Gasteiger partial charge < -0.3 is 10.2 Å². The highest BCUT2D eigenvalue weighted by atomic mass is 16.2. The van der Waals surface area contributed by atoms with Crippen molar-refractivity contribution in [1.82, 2.24) is 15.1 Å². The van der Waals surface area contributed by atoms with Gasteiger partial charge in [0.1, 0.15) is 0 Å². The van der Waals surface area contributed by atoms with Crippen LogP contribution in [0.5, 0.6) is 0 Å². The number of anilines is 1. The SMILES string of the molecule is O=C(Nc1cccc(-c2ccc(=O)[nH]n2)c1)N1CCCC1. The van der Waals surface area contributed by atoms with Gasteiger partial charge in [-0.25, -0.2) is 9.89 Å². The Hall–Kier alpha value is -2.63. The maximum atomic E-state index is 12.1. The summed E-state index contributed by atoms with van der Waals surface area (Å²) >= 11 is 0. The van der Waals surface area contributed by atoms with E-state index in [1.165, 1.54) is 6.07 Å². The van der Waals surface area contributed by atoms with Crippen LogP contribution in [0.15, 0.2) is 41.2 Å². The summed E-state index contributed by atoms with van der Waals surface area (Å²) in [5, 5.41) is 9.28. The number of rotatable bonds is 2. The molecule has 0 unspecified atom stereocenters. The van der Waals surface area contributed by atoms with Crippen LogP contribution in [-0.4, -0.2) is 34.2 Å². The first-order valence-electron chi connectivity index (χ1n) is 6.94. The summed E-state index contributed by atoms with van der Waals surface area (Å²) in [5.74, 6) is 0. The first-order valence-corrected chi connectivity index (χ1v) is 6.94. The molecular formula is C15H16N4O2. The zero-order chi connectivity index (χ0) is 14.7. The van der Waals surface area contributed by atoms with Crippen LogP contribution < -0.4 is 10.9 Å². The number of nitrogens with one attached hydrogen (secondary N) is 2. The molecule has 2 amide bonds. The van der Waals surface area contributed by atoms with Crippen LogP contribution in [0.4, 0.5) is 10.5 Å². The third-order valence-electron chi connectivity index (χ3n) is 3.48. The van der Waals surface area contributed by atoms with Crippen molar-refractivity contribution in [2.24, 2.45) is 0 Å². The van der Waals surface area contributed by atoms with Crippen molar-refractivity contribution >= 4 is 11.7 Å². The van der Waals surface area contributed by atoms with E-state index >= 15 is 0 Å². The highest BCUT2D eigenvalue weighted by Gasteiger charge is 2.17. The Morgan fingerprint density at radius 2 is 2.00 bits per heavy atom. The van der Waals surface area contributed by atoms with E-state index in [0.29, 0.717) is 5.69 Å². The van der Waals surface area contributed by atoms with Crippen molar-refractivity contribution in [3.8, 4) is 11.3 Å². The molecule has 0 aliphatic carbocycles. The number of likely N-dealkylation sites (tertiary alicyclic amines) is 1. The summed E-state index contributed by atoms with van der Waals surface area (Å²) in [6.07, 6.45) is 2.13. The van der Waals surface area contributed by atoms with Crippen LogP contribution >= 0.6 is 0 Å². The van der Waals surface area contributed by atoms with Crippen LogP contribution in [0, 0.1) is 0 Å². The molecule has 0 saturated carbocycles. The van der Waals surface area contributed by atoms with Crippen LogP contribution in [-0.2, 0) is 0 Å². The summed E-state index contributed by atoms with van der Waals surface area (Å²) in [4.78, 5) is 24.9. The van der Waals surface area contributed by atoms with Crippen LogP contribution in [0.1, 0.15) is 12.8 Å². The van der Waals surface area contributed by atoms with Gasteiger partial charge in [-0.3, -0.25) is 4.79 Å². The lowest BCUT2D eigenvalue weighted by atomic mass is 10.1. The molecule has 0 atom stereocenters. The highest BCUT2D eigenvalue weighted by Crippen LogP contribution is 2.20. The summed E-state index contributed by atoms with van der Waals surface area (Å²) in [6, 6.07) is 10.4. The molecule has 21 heavy (non-hydrogen) atoms. The maximum absolute atomic E-state index is 12.1. The van der Waals surface area contributed by atoms with Gasteiger partial charge in [0.05, 0.1) is 5.69 Å². The fourth-order valence-corrected chi connectivity index (χ4v) is 2.38. The van der Waals surface area contributed by atoms with Gasteiger partial charge in [-0.2, -0.15) is 5.10 Å². The van der Waals surface area contributed by atoms with Gasteiger partial charge in [0.2, 0.25) is 0 Å². The summed E-state index contributed by atoms with van der Waals surface area (Å²) in [6.45, 7) is 1.63. The molecular weight excluding hydrogens is 268 g/mol. The predicted octanol–water partition coefficient (Wildman–Crippen LogP) is 2.06. The number of hydrogen-bond acceptors (Lipinski definition) is 3. The average molecular weight is 284 g/mol. The number of aromatic nitrogens is 2. The molecule has 0 spiro atoms. The van der Waals surface area contributed by atoms with E-state index in [2.05, 4.69) is 15.5 Å². The number of urea groups is 1. The minimum absolute atomic E-state index is 0.0703. The zero-order valence-corrected chi connectivity index (χ0v) is 11.5.